The Bertz CT molecular complexity index is 51.5. The summed E-state index contributed by atoms with van der Waals surface area (Å²) < 4.78 is 20.6. The van der Waals surface area contributed by atoms with Gasteiger partial charge in [-0.2, -0.15) is 0 Å². The molecule has 6 heteroatoms. The van der Waals surface area contributed by atoms with Gasteiger partial charge in [-0.1, -0.05) is 0 Å². The molecule has 0 saturated carbocycles. The molecule has 0 aromatic heterocycles. The summed E-state index contributed by atoms with van der Waals surface area (Å²) in [5, 5.41) is 0. The molecular weight excluding hydrogens is 126 g/mol. The maximum atomic E-state index is 9.42. The molecule has 3 N–H and O–H groups in total. The second-order valence-corrected chi connectivity index (χ2v) is 1.54. The second-order valence-electron chi connectivity index (χ2n) is 0.445. The van der Waals surface area contributed by atoms with E-state index in [1.54, 1.807) is 0 Å². The van der Waals surface area contributed by atoms with E-state index < -0.39 is 18.6 Å². The van der Waals surface area contributed by atoms with Crippen LogP contribution in [-0.2, 0) is 30.4 Å². The Kier molecular flexibility index (Phi) is 3.75. The van der Waals surface area contributed by atoms with Crippen LogP contribution in [0.2, 0.25) is 0 Å². The summed E-state index contributed by atoms with van der Waals surface area (Å²) in [4.78, 5) is 3.31. The van der Waals surface area contributed by atoms with E-state index >= 15 is 0 Å². The predicted molar refractivity (Wildman–Crippen MR) is 9.26 cm³/mol. The molecule has 0 fully saturated rings. The SMILES string of the molecule is NO[O][Ti](=[O])[OH]. The molecule has 0 radical (unpaired) electrons. The van der Waals surface area contributed by atoms with Crippen molar-refractivity contribution in [2.45, 2.75) is 0 Å². The van der Waals surface area contributed by atoms with Crippen molar-refractivity contribution >= 4 is 0 Å². The van der Waals surface area contributed by atoms with Crippen LogP contribution in [-0.4, -0.2) is 3.69 Å². The Hall–Kier alpha value is 0.354. The first kappa shape index (κ1) is 6.35. The van der Waals surface area contributed by atoms with E-state index in [4.69, 9.17) is 3.69 Å². The van der Waals surface area contributed by atoms with E-state index in [2.05, 4.69) is 14.4 Å². The van der Waals surface area contributed by atoms with Gasteiger partial charge in [0.25, 0.3) is 0 Å². The molecule has 0 heterocycles. The van der Waals surface area contributed by atoms with Gasteiger partial charge in [0.1, 0.15) is 0 Å². The van der Waals surface area contributed by atoms with E-state index in [1.165, 1.54) is 0 Å². The fourth-order valence-corrected chi connectivity index (χ4v) is 0.170. The van der Waals surface area contributed by atoms with Crippen molar-refractivity contribution in [3.05, 3.63) is 0 Å². The van der Waals surface area contributed by atoms with Gasteiger partial charge in [-0.3, -0.25) is 0 Å². The van der Waals surface area contributed by atoms with Gasteiger partial charge in [0.2, 0.25) is 0 Å². The van der Waals surface area contributed by atoms with E-state index in [9.17, 15) is 3.32 Å². The standard InChI is InChI=1S/H3NO2.H2O.O.Ti/c1-3-2;;;/h2H,1H2;1H2;;/q;;;+2/p-2. The van der Waals surface area contributed by atoms with Crippen molar-refractivity contribution < 1.29 is 34.1 Å². The van der Waals surface area contributed by atoms with Crippen molar-refractivity contribution in [3.8, 4) is 0 Å². The molecule has 0 saturated heterocycles. The molecule has 0 aliphatic heterocycles. The Morgan fingerprint density at radius 2 is 2.33 bits per heavy atom. The Morgan fingerprint density at radius 1 is 1.83 bits per heavy atom. The third-order valence-electron chi connectivity index (χ3n) is 0.119. The van der Waals surface area contributed by atoms with E-state index in [0.717, 1.165) is 0 Å². The molecule has 0 amide bonds. The second kappa shape index (κ2) is 3.54. The fraction of sp³-hybridized carbons (Fsp3) is 0. The van der Waals surface area contributed by atoms with Gasteiger partial charge < -0.3 is 0 Å². The molecule has 6 heavy (non-hydrogen) atoms. The molecule has 0 spiro atoms. The molecule has 5 nitrogen and oxygen atoms in total. The number of nitrogens with two attached hydrogens (primary N) is 1. The quantitative estimate of drug-likeness (QED) is 0.272. The third kappa shape index (κ3) is 4.35. The van der Waals surface area contributed by atoms with Gasteiger partial charge >= 0.3 is 40.0 Å². The van der Waals surface area contributed by atoms with Gasteiger partial charge in [-0.05, 0) is 0 Å². The predicted octanol–water partition coefficient (Wildman–Crippen LogP) is -1.41. The van der Waals surface area contributed by atoms with Gasteiger partial charge in [0, 0.05) is 0 Å². The van der Waals surface area contributed by atoms with Crippen molar-refractivity contribution in [2.24, 2.45) is 5.90 Å². The van der Waals surface area contributed by atoms with Crippen LogP contribution in [0.1, 0.15) is 0 Å². The van der Waals surface area contributed by atoms with Gasteiger partial charge in [-0.25, -0.2) is 0 Å². The maximum absolute atomic E-state index is 9.42. The van der Waals surface area contributed by atoms with Crippen LogP contribution < -0.4 is 5.90 Å². The summed E-state index contributed by atoms with van der Waals surface area (Å²) in [5.74, 6) is 4.19. The average Bonchev–Trinajstić information content (AvgIpc) is 1.35. The molecule has 0 unspecified atom stereocenters. The first-order chi connectivity index (χ1) is 2.77. The Morgan fingerprint density at radius 3 is 2.33 bits per heavy atom. The molecule has 0 atom stereocenters. The van der Waals surface area contributed by atoms with Crippen LogP contribution in [0.3, 0.4) is 0 Å². The molecule has 0 aromatic carbocycles. The normalized spacial score (nSPS) is 8.33. The van der Waals surface area contributed by atoms with Gasteiger partial charge in [0.15, 0.2) is 0 Å². The van der Waals surface area contributed by atoms with Crippen LogP contribution in [0.5, 0.6) is 0 Å². The Balaban J connectivity index is 2.83. The zero-order valence-electron chi connectivity index (χ0n) is 2.75. The van der Waals surface area contributed by atoms with Crippen LogP contribution >= 0.6 is 0 Å². The summed E-state index contributed by atoms with van der Waals surface area (Å²) in [6.07, 6.45) is 0. The summed E-state index contributed by atoms with van der Waals surface area (Å²) in [7, 11) is 0. The van der Waals surface area contributed by atoms with E-state index in [-0.39, 0.29) is 0 Å². The molecule has 0 bridgehead atoms. The number of rotatable bonds is 2. The van der Waals surface area contributed by atoms with E-state index in [1.807, 2.05) is 0 Å². The average molecular weight is 129 g/mol. The van der Waals surface area contributed by atoms with Crippen LogP contribution in [0.15, 0.2) is 0 Å². The minimum atomic E-state index is -3.48. The molecule has 0 aromatic rings. The Labute approximate surface area is 40.6 Å². The van der Waals surface area contributed by atoms with Crippen LogP contribution in [0.25, 0.3) is 0 Å². The van der Waals surface area contributed by atoms with Crippen molar-refractivity contribution in [1.29, 1.82) is 0 Å². The summed E-state index contributed by atoms with van der Waals surface area (Å²) in [6, 6.07) is 0. The molecule has 0 rings (SSSR count). The number of hydrogen-bond acceptors (Lipinski definition) is 4. The molecule has 0 aliphatic carbocycles. The zero-order chi connectivity index (χ0) is 4.99. The molecule has 36 valence electrons. The minimum absolute atomic E-state index is 3.31. The van der Waals surface area contributed by atoms with Crippen molar-refractivity contribution in [3.63, 3.8) is 0 Å². The fourth-order valence-electron chi connectivity index (χ4n) is 0.0412. The number of hydrogen-bond donors (Lipinski definition) is 2. The first-order valence-electron chi connectivity index (χ1n) is 1.03. The topological polar surface area (TPSA) is 81.8 Å². The van der Waals surface area contributed by atoms with Gasteiger partial charge in [-0.15, -0.1) is 0 Å². The first-order valence-corrected chi connectivity index (χ1v) is 3.01. The van der Waals surface area contributed by atoms with Gasteiger partial charge in [0.05, 0.1) is 0 Å². The summed E-state index contributed by atoms with van der Waals surface area (Å²) >= 11 is -3.48. The summed E-state index contributed by atoms with van der Waals surface area (Å²) in [6.45, 7) is 0. The van der Waals surface area contributed by atoms with Crippen molar-refractivity contribution in [1.82, 2.24) is 0 Å². The van der Waals surface area contributed by atoms with Crippen LogP contribution in [0, 0.1) is 0 Å². The third-order valence-corrected chi connectivity index (χ3v) is 0.492. The van der Waals surface area contributed by atoms with E-state index in [0.29, 0.717) is 0 Å². The zero-order valence-corrected chi connectivity index (χ0v) is 4.31. The molecular formula is H3NO4Ti. The molecule has 0 aliphatic rings. The van der Waals surface area contributed by atoms with Crippen molar-refractivity contribution in [2.75, 3.05) is 0 Å². The summed E-state index contributed by atoms with van der Waals surface area (Å²) in [5.41, 5.74) is 0. The van der Waals surface area contributed by atoms with Crippen LogP contribution in [0.4, 0.5) is 0 Å². The monoisotopic (exact) mass is 129 g/mol.